The summed E-state index contributed by atoms with van der Waals surface area (Å²) in [6.07, 6.45) is 4.11. The Morgan fingerprint density at radius 1 is 0.711 bits per heavy atom. The largest absolute Gasteiger partial charge is 0.436 e. The zero-order valence-electron chi connectivity index (χ0n) is 25.9. The molecule has 2 saturated heterocycles. The Morgan fingerprint density at radius 3 is 1.93 bits per heavy atom. The number of carbonyl (C=O) groups is 1. The van der Waals surface area contributed by atoms with E-state index in [0.717, 1.165) is 97.0 Å². The van der Waals surface area contributed by atoms with Crippen molar-refractivity contribution in [2.75, 3.05) is 26.4 Å². The molecule has 10 heteroatoms. The van der Waals surface area contributed by atoms with Crippen LogP contribution in [0.15, 0.2) is 59.0 Å². The highest BCUT2D eigenvalue weighted by atomic mass is 16.5. The number of fused-ring (bicyclic) bond motifs is 3. The van der Waals surface area contributed by atoms with Crippen LogP contribution in [0.25, 0.3) is 44.6 Å². The van der Waals surface area contributed by atoms with Crippen molar-refractivity contribution in [2.24, 2.45) is 0 Å². The molecule has 2 aliphatic heterocycles. The molecule has 0 saturated carbocycles. The van der Waals surface area contributed by atoms with Crippen LogP contribution in [-0.2, 0) is 14.3 Å². The third-order valence-corrected chi connectivity index (χ3v) is 8.79. The van der Waals surface area contributed by atoms with Crippen molar-refractivity contribution in [2.45, 2.75) is 58.5 Å². The van der Waals surface area contributed by atoms with Crippen LogP contribution in [0, 0.1) is 20.8 Å². The summed E-state index contributed by atoms with van der Waals surface area (Å²) in [5.74, 6) is 3.22. The van der Waals surface area contributed by atoms with E-state index in [1.54, 1.807) is 12.1 Å². The number of ether oxygens (including phenoxy) is 3. The van der Waals surface area contributed by atoms with Gasteiger partial charge in [-0.2, -0.15) is 0 Å². The van der Waals surface area contributed by atoms with Crippen molar-refractivity contribution >= 4 is 39.6 Å². The van der Waals surface area contributed by atoms with Gasteiger partial charge >= 0.3 is 0 Å². The van der Waals surface area contributed by atoms with E-state index in [-0.39, 0.29) is 0 Å². The molecule has 2 fully saturated rings. The molecular weight excluding hydrogens is 570 g/mol. The van der Waals surface area contributed by atoms with E-state index in [0.29, 0.717) is 30.2 Å². The maximum Gasteiger partial charge on any atom is 0.298 e. The molecule has 8 rings (SSSR count). The summed E-state index contributed by atoms with van der Waals surface area (Å²) in [7, 11) is 0. The minimum absolute atomic E-state index is 0.434. The van der Waals surface area contributed by atoms with Crippen molar-refractivity contribution in [3.05, 3.63) is 71.8 Å². The first-order chi connectivity index (χ1) is 22.0. The number of oxazole rings is 1. The Morgan fingerprint density at radius 2 is 1.31 bits per heavy atom. The highest BCUT2D eigenvalue weighted by molar-refractivity contribution is 5.83. The quantitative estimate of drug-likeness (QED) is 0.192. The van der Waals surface area contributed by atoms with Gasteiger partial charge in [0.2, 0.25) is 5.89 Å². The van der Waals surface area contributed by atoms with Crippen LogP contribution in [0.2, 0.25) is 0 Å². The van der Waals surface area contributed by atoms with Crippen LogP contribution in [0.3, 0.4) is 0 Å². The summed E-state index contributed by atoms with van der Waals surface area (Å²) in [5, 5.41) is 0. The second-order valence-corrected chi connectivity index (χ2v) is 11.8. The Hall–Kier alpha value is -4.54. The molecule has 0 N–H and O–H groups in total. The Kier molecular flexibility index (Phi) is 8.08. The van der Waals surface area contributed by atoms with E-state index in [1.807, 2.05) is 31.2 Å². The average Bonchev–Trinajstić information content (AvgIpc) is 3.73. The zero-order chi connectivity index (χ0) is 30.9. The second kappa shape index (κ2) is 12.5. The van der Waals surface area contributed by atoms with Crippen LogP contribution < -0.4 is 4.74 Å². The summed E-state index contributed by atoms with van der Waals surface area (Å²) in [6, 6.07) is 18.8. The number of hydrogen-bond donors (Lipinski definition) is 0. The zero-order valence-corrected chi connectivity index (χ0v) is 25.9. The van der Waals surface area contributed by atoms with Gasteiger partial charge < -0.3 is 27.8 Å². The van der Waals surface area contributed by atoms with Crippen molar-refractivity contribution in [3.8, 4) is 17.2 Å². The fourth-order valence-corrected chi connectivity index (χ4v) is 6.65. The van der Waals surface area contributed by atoms with Gasteiger partial charge in [0.15, 0.2) is 5.58 Å². The van der Waals surface area contributed by atoms with Crippen molar-refractivity contribution < 1.29 is 23.4 Å². The third kappa shape index (κ3) is 5.83. The molecule has 2 aliphatic rings. The lowest BCUT2D eigenvalue weighted by atomic mass is 10.1. The van der Waals surface area contributed by atoms with Gasteiger partial charge in [-0.3, -0.25) is 4.79 Å². The number of aryl methyl sites for hydroxylation is 3. The van der Waals surface area contributed by atoms with Gasteiger partial charge in [0.05, 0.1) is 22.1 Å². The number of benzene rings is 3. The normalized spacial score (nSPS) is 16.2. The maximum absolute atomic E-state index is 10.4. The van der Waals surface area contributed by atoms with E-state index in [9.17, 15) is 4.79 Å². The fourth-order valence-electron chi connectivity index (χ4n) is 6.65. The Bertz CT molecular complexity index is 1980. The van der Waals surface area contributed by atoms with Crippen LogP contribution in [-0.4, -0.2) is 57.0 Å². The Balaban J connectivity index is 0.000000152. The van der Waals surface area contributed by atoms with Crippen LogP contribution in [0.5, 0.6) is 5.75 Å². The first kappa shape index (κ1) is 29.2. The molecule has 0 aliphatic carbocycles. The van der Waals surface area contributed by atoms with Crippen molar-refractivity contribution in [1.29, 1.82) is 0 Å². The first-order valence-corrected chi connectivity index (χ1v) is 15.6. The van der Waals surface area contributed by atoms with Crippen LogP contribution >= 0.6 is 0 Å². The number of rotatable bonds is 5. The molecule has 0 bridgehead atoms. The molecule has 6 aromatic rings. The SMILES string of the molecule is Cc1ccc2oc(-c3ccc4c(c3)nc(C)n4C3CCOCC3)nc2c1.Cc1nc2cc(OC=O)ccc2n1C1CCOCC1. The molecule has 232 valence electrons. The number of aromatic nitrogens is 5. The molecule has 5 heterocycles. The predicted octanol–water partition coefficient (Wildman–Crippen LogP) is 7.04. The highest BCUT2D eigenvalue weighted by Crippen LogP contribution is 2.32. The summed E-state index contributed by atoms with van der Waals surface area (Å²) < 4.78 is 26.4. The molecule has 45 heavy (non-hydrogen) atoms. The minimum Gasteiger partial charge on any atom is -0.436 e. The van der Waals surface area contributed by atoms with Gasteiger partial charge in [0.1, 0.15) is 22.9 Å². The van der Waals surface area contributed by atoms with Gasteiger partial charge in [-0.1, -0.05) is 6.07 Å². The van der Waals surface area contributed by atoms with E-state index < -0.39 is 0 Å². The highest BCUT2D eigenvalue weighted by Gasteiger charge is 2.22. The molecule has 0 radical (unpaired) electrons. The van der Waals surface area contributed by atoms with Gasteiger partial charge in [-0.05, 0) is 94.5 Å². The topological polar surface area (TPSA) is 106 Å². The third-order valence-electron chi connectivity index (χ3n) is 8.79. The number of imidazole rings is 2. The van der Waals surface area contributed by atoms with Crippen molar-refractivity contribution in [1.82, 2.24) is 24.1 Å². The van der Waals surface area contributed by atoms with Crippen LogP contribution in [0.1, 0.15) is 55.0 Å². The summed E-state index contributed by atoms with van der Waals surface area (Å²) in [6.45, 7) is 9.84. The lowest BCUT2D eigenvalue weighted by Gasteiger charge is -2.25. The molecule has 3 aromatic carbocycles. The number of hydrogen-bond acceptors (Lipinski definition) is 8. The molecule has 0 spiro atoms. The standard InChI is InChI=1S/C21H21N3O2.C14H16N2O3/c1-13-3-6-20-18(11-13)23-21(26-20)15-4-5-19-17(12-15)22-14(2)24(19)16-7-9-25-10-8-16;1-10-15-13-8-12(19-9-17)2-3-14(13)16(10)11-4-6-18-7-5-11/h3-6,11-12,16H,7-10H2,1-2H3;2-3,8-9,11H,4-7H2,1H3. The first-order valence-electron chi connectivity index (χ1n) is 15.6. The lowest BCUT2D eigenvalue weighted by molar-refractivity contribution is -0.120. The van der Waals surface area contributed by atoms with E-state index in [1.165, 1.54) is 11.1 Å². The molecule has 0 amide bonds. The van der Waals surface area contributed by atoms with Gasteiger partial charge in [-0.25, -0.2) is 15.0 Å². The van der Waals surface area contributed by atoms with E-state index in [4.69, 9.17) is 23.6 Å². The molecule has 0 unspecified atom stereocenters. The molecule has 0 atom stereocenters. The number of nitrogens with zero attached hydrogens (tertiary/aromatic N) is 5. The maximum atomic E-state index is 10.4. The summed E-state index contributed by atoms with van der Waals surface area (Å²) >= 11 is 0. The molecule has 3 aromatic heterocycles. The molecular formula is C35H37N5O5. The van der Waals surface area contributed by atoms with E-state index in [2.05, 4.69) is 51.1 Å². The monoisotopic (exact) mass is 607 g/mol. The predicted molar refractivity (Wildman–Crippen MR) is 172 cm³/mol. The van der Waals surface area contributed by atoms with Gasteiger partial charge in [-0.15, -0.1) is 0 Å². The molecule has 10 nitrogen and oxygen atoms in total. The van der Waals surface area contributed by atoms with Gasteiger partial charge in [0.25, 0.3) is 6.47 Å². The average molecular weight is 608 g/mol. The van der Waals surface area contributed by atoms with Crippen molar-refractivity contribution in [3.63, 3.8) is 0 Å². The lowest BCUT2D eigenvalue weighted by Crippen LogP contribution is -2.20. The minimum atomic E-state index is 0.434. The smallest absolute Gasteiger partial charge is 0.298 e. The fraction of sp³-hybridized carbons (Fsp3) is 0.371. The summed E-state index contributed by atoms with van der Waals surface area (Å²) in [5.41, 5.74) is 7.96. The van der Waals surface area contributed by atoms with Gasteiger partial charge in [0, 0.05) is 50.1 Å². The summed E-state index contributed by atoms with van der Waals surface area (Å²) in [4.78, 5) is 24.4. The Labute approximate surface area is 260 Å². The second-order valence-electron chi connectivity index (χ2n) is 11.8. The number of carbonyl (C=O) groups excluding carboxylic acids is 1. The van der Waals surface area contributed by atoms with E-state index >= 15 is 0 Å². The van der Waals surface area contributed by atoms with Crippen LogP contribution in [0.4, 0.5) is 0 Å².